The van der Waals surface area contributed by atoms with Crippen LogP contribution in [0.25, 0.3) is 0 Å². The molecule has 0 saturated carbocycles. The van der Waals surface area contributed by atoms with Crippen LogP contribution in [0.1, 0.15) is 31.2 Å². The second-order valence-corrected chi connectivity index (χ2v) is 9.78. The lowest BCUT2D eigenvalue weighted by atomic mass is 10.2. The highest BCUT2D eigenvalue weighted by molar-refractivity contribution is 7.55. The Balaban J connectivity index is 0.00000432. The van der Waals surface area contributed by atoms with E-state index in [0.29, 0.717) is 30.9 Å². The van der Waals surface area contributed by atoms with E-state index in [9.17, 15) is 9.36 Å². The summed E-state index contributed by atoms with van der Waals surface area (Å²) in [5, 5.41) is 2.74. The van der Waals surface area contributed by atoms with Crippen LogP contribution in [0.15, 0.2) is 91.0 Å². The first-order valence-electron chi connectivity index (χ1n) is 11.4. The third-order valence-corrected chi connectivity index (χ3v) is 7.09. The number of unbranched alkanes of at least 4 members (excludes halogenated alkanes) is 2. The standard InChI is InChI=1S/C26H31N2O5P.ClH/c27-20-12-4-11-19-25(28-26(29)31-21-22-13-5-1-6-14-22)34(30,32-23-15-7-2-8-16-23)33-24-17-9-3-10-18-24;/h1-3,5-10,13-18,25H,4,11-12,19-21,27H2,(H,28,29);1H. The number of hydrogen-bond donors (Lipinski definition) is 2. The molecule has 1 amide bonds. The summed E-state index contributed by atoms with van der Waals surface area (Å²) in [6, 6.07) is 26.9. The van der Waals surface area contributed by atoms with Gasteiger partial charge in [0.25, 0.3) is 0 Å². The van der Waals surface area contributed by atoms with E-state index >= 15 is 0 Å². The molecule has 0 spiro atoms. The highest BCUT2D eigenvalue weighted by Gasteiger charge is 2.40. The Hall–Kier alpha value is -2.99. The van der Waals surface area contributed by atoms with Gasteiger partial charge in [-0.25, -0.2) is 9.36 Å². The van der Waals surface area contributed by atoms with Crippen molar-refractivity contribution in [3.63, 3.8) is 0 Å². The fraction of sp³-hybridized carbons (Fsp3) is 0.269. The minimum Gasteiger partial charge on any atom is -0.445 e. The van der Waals surface area contributed by atoms with Crippen molar-refractivity contribution >= 4 is 26.1 Å². The summed E-state index contributed by atoms with van der Waals surface area (Å²) in [7, 11) is -3.91. The lowest BCUT2D eigenvalue weighted by Gasteiger charge is -2.28. The van der Waals surface area contributed by atoms with Crippen molar-refractivity contribution in [2.75, 3.05) is 6.54 Å². The van der Waals surface area contributed by atoms with Gasteiger partial charge in [-0.15, -0.1) is 12.4 Å². The van der Waals surface area contributed by atoms with E-state index < -0.39 is 19.5 Å². The van der Waals surface area contributed by atoms with Crippen LogP contribution in [0.2, 0.25) is 0 Å². The van der Waals surface area contributed by atoms with Gasteiger partial charge in [0.05, 0.1) is 0 Å². The molecule has 0 aliphatic heterocycles. The van der Waals surface area contributed by atoms with Gasteiger partial charge in [-0.3, -0.25) is 0 Å². The molecule has 0 bridgehead atoms. The highest BCUT2D eigenvalue weighted by Crippen LogP contribution is 2.53. The zero-order chi connectivity index (χ0) is 24.1. The molecule has 0 aliphatic carbocycles. The quantitative estimate of drug-likeness (QED) is 0.197. The molecule has 0 aromatic heterocycles. The second kappa shape index (κ2) is 15.1. The first-order valence-corrected chi connectivity index (χ1v) is 13.0. The summed E-state index contributed by atoms with van der Waals surface area (Å²) in [4.78, 5) is 12.7. The zero-order valence-corrected chi connectivity index (χ0v) is 21.2. The van der Waals surface area contributed by atoms with Crippen LogP contribution in [0.3, 0.4) is 0 Å². The number of hydrogen-bond acceptors (Lipinski definition) is 6. The molecule has 188 valence electrons. The van der Waals surface area contributed by atoms with Crippen LogP contribution in [0.4, 0.5) is 4.79 Å². The molecule has 3 aromatic rings. The summed E-state index contributed by atoms with van der Waals surface area (Å²) in [5.74, 6) is -0.157. The summed E-state index contributed by atoms with van der Waals surface area (Å²) >= 11 is 0. The molecule has 1 atom stereocenters. The number of carbonyl (C=O) groups is 1. The lowest BCUT2D eigenvalue weighted by Crippen LogP contribution is -2.37. The van der Waals surface area contributed by atoms with Crippen molar-refractivity contribution in [2.45, 2.75) is 38.1 Å². The number of nitrogens with one attached hydrogen (secondary N) is 1. The van der Waals surface area contributed by atoms with E-state index in [1.807, 2.05) is 42.5 Å². The number of ether oxygens (including phenoxy) is 1. The van der Waals surface area contributed by atoms with Gasteiger partial charge in [-0.1, -0.05) is 79.6 Å². The maximum atomic E-state index is 14.2. The predicted molar refractivity (Wildman–Crippen MR) is 140 cm³/mol. The largest absolute Gasteiger partial charge is 0.453 e. The molecule has 0 saturated heterocycles. The summed E-state index contributed by atoms with van der Waals surface area (Å²) < 4.78 is 31.4. The Labute approximate surface area is 212 Å². The Morgan fingerprint density at radius 3 is 1.83 bits per heavy atom. The smallest absolute Gasteiger partial charge is 0.445 e. The number of alkyl carbamates (subject to hydrolysis) is 1. The third-order valence-electron chi connectivity index (χ3n) is 5.01. The molecule has 3 rings (SSSR count). The van der Waals surface area contributed by atoms with E-state index in [1.165, 1.54) is 0 Å². The van der Waals surface area contributed by atoms with Crippen LogP contribution in [0, 0.1) is 0 Å². The number of amides is 1. The van der Waals surface area contributed by atoms with Crippen LogP contribution >= 0.6 is 20.0 Å². The second-order valence-electron chi connectivity index (χ2n) is 7.71. The molecule has 1 unspecified atom stereocenters. The maximum Gasteiger partial charge on any atom is 0.453 e. The predicted octanol–water partition coefficient (Wildman–Crippen LogP) is 6.53. The SMILES string of the molecule is Cl.NCCCCCC(NC(=O)OCc1ccccc1)P(=O)(Oc1ccccc1)Oc1ccccc1. The van der Waals surface area contributed by atoms with Crippen LogP contribution in [0.5, 0.6) is 11.5 Å². The molecule has 0 fully saturated rings. The number of carbonyl (C=O) groups excluding carboxylic acids is 1. The van der Waals surface area contributed by atoms with E-state index in [2.05, 4.69) is 5.32 Å². The van der Waals surface area contributed by atoms with E-state index in [1.54, 1.807) is 48.5 Å². The number of para-hydroxylation sites is 2. The van der Waals surface area contributed by atoms with E-state index in [-0.39, 0.29) is 19.0 Å². The Morgan fingerprint density at radius 2 is 1.31 bits per heavy atom. The first kappa shape index (κ1) is 28.2. The topological polar surface area (TPSA) is 99.9 Å². The number of halogens is 1. The van der Waals surface area contributed by atoms with E-state index in [4.69, 9.17) is 19.5 Å². The Kier molecular flexibility index (Phi) is 12.2. The fourth-order valence-electron chi connectivity index (χ4n) is 3.27. The molecule has 3 aromatic carbocycles. The van der Waals surface area contributed by atoms with Gasteiger partial charge in [0.2, 0.25) is 0 Å². The fourth-order valence-corrected chi connectivity index (χ4v) is 5.16. The minimum absolute atomic E-state index is 0. The van der Waals surface area contributed by atoms with Gasteiger partial charge < -0.3 is 24.8 Å². The number of rotatable bonds is 13. The average molecular weight is 519 g/mol. The monoisotopic (exact) mass is 518 g/mol. The summed E-state index contributed by atoms with van der Waals surface area (Å²) in [6.45, 7) is 0.659. The van der Waals surface area contributed by atoms with Gasteiger partial charge >= 0.3 is 13.7 Å². The molecule has 0 aliphatic rings. The summed E-state index contributed by atoms with van der Waals surface area (Å²) in [6.07, 6.45) is 2.01. The molecule has 0 radical (unpaired) electrons. The number of benzene rings is 3. The maximum absolute atomic E-state index is 14.2. The molecule has 7 nitrogen and oxygen atoms in total. The average Bonchev–Trinajstić information content (AvgIpc) is 2.86. The van der Waals surface area contributed by atoms with Crippen LogP contribution in [-0.4, -0.2) is 18.4 Å². The molecular weight excluding hydrogens is 487 g/mol. The Bertz CT molecular complexity index is 996. The molecule has 9 heteroatoms. The summed E-state index contributed by atoms with van der Waals surface area (Å²) in [5.41, 5.74) is 6.47. The Morgan fingerprint density at radius 1 is 0.800 bits per heavy atom. The minimum atomic E-state index is -3.91. The zero-order valence-electron chi connectivity index (χ0n) is 19.5. The molecule has 3 N–H and O–H groups in total. The van der Waals surface area contributed by atoms with Crippen molar-refractivity contribution in [2.24, 2.45) is 5.73 Å². The number of nitrogens with two attached hydrogens (primary N) is 1. The highest BCUT2D eigenvalue weighted by atomic mass is 35.5. The van der Waals surface area contributed by atoms with Gasteiger partial charge in [0, 0.05) is 0 Å². The van der Waals surface area contributed by atoms with Gasteiger partial charge in [-0.2, -0.15) is 0 Å². The first-order chi connectivity index (χ1) is 16.6. The van der Waals surface area contributed by atoms with E-state index in [0.717, 1.165) is 18.4 Å². The van der Waals surface area contributed by atoms with Gasteiger partial charge in [0.15, 0.2) is 5.78 Å². The molecule has 0 heterocycles. The van der Waals surface area contributed by atoms with Gasteiger partial charge in [-0.05, 0) is 49.2 Å². The van der Waals surface area contributed by atoms with Crippen LogP contribution in [-0.2, 0) is 15.9 Å². The van der Waals surface area contributed by atoms with Crippen molar-refractivity contribution in [3.8, 4) is 11.5 Å². The van der Waals surface area contributed by atoms with Gasteiger partial charge in [0.1, 0.15) is 18.1 Å². The normalized spacial score (nSPS) is 11.6. The van der Waals surface area contributed by atoms with Crippen molar-refractivity contribution < 1.29 is 23.1 Å². The molecule has 35 heavy (non-hydrogen) atoms. The van der Waals surface area contributed by atoms with Crippen molar-refractivity contribution in [1.29, 1.82) is 0 Å². The van der Waals surface area contributed by atoms with Crippen molar-refractivity contribution in [3.05, 3.63) is 96.6 Å². The third kappa shape index (κ3) is 9.65. The lowest BCUT2D eigenvalue weighted by molar-refractivity contribution is 0.136. The molecular formula is C26H32ClN2O5P. The van der Waals surface area contributed by atoms with Crippen molar-refractivity contribution in [1.82, 2.24) is 5.32 Å². The van der Waals surface area contributed by atoms with Crippen LogP contribution < -0.4 is 20.1 Å².